The Hall–Kier alpha value is -3.15. The molecule has 1 heterocycles. The van der Waals surface area contributed by atoms with Gasteiger partial charge in [-0.25, -0.2) is 9.59 Å². The third-order valence-electron chi connectivity index (χ3n) is 5.51. The van der Waals surface area contributed by atoms with Crippen LogP contribution in [0.25, 0.3) is 0 Å². The average molecular weight is 512 g/mol. The molecule has 1 aliphatic rings. The lowest BCUT2D eigenvalue weighted by atomic mass is 9.96. The van der Waals surface area contributed by atoms with E-state index in [0.29, 0.717) is 19.5 Å². The molecule has 0 aliphatic carbocycles. The van der Waals surface area contributed by atoms with Gasteiger partial charge in [0.15, 0.2) is 0 Å². The van der Waals surface area contributed by atoms with Crippen molar-refractivity contribution in [1.82, 2.24) is 26.6 Å². The number of carbonyl (C=O) groups excluding carboxylic acids is 5. The molecule has 0 saturated carbocycles. The van der Waals surface area contributed by atoms with Crippen LogP contribution in [-0.4, -0.2) is 78.8 Å². The van der Waals surface area contributed by atoms with E-state index in [9.17, 15) is 29.1 Å². The zero-order chi connectivity index (χ0) is 27.3. The predicted molar refractivity (Wildman–Crippen MR) is 133 cm³/mol. The fourth-order valence-electron chi connectivity index (χ4n) is 3.75. The Labute approximate surface area is 212 Å². The highest BCUT2D eigenvalue weighted by molar-refractivity contribution is 5.92. The highest BCUT2D eigenvalue weighted by Crippen LogP contribution is 2.17. The van der Waals surface area contributed by atoms with Crippen LogP contribution in [0.15, 0.2) is 12.2 Å². The molecule has 6 N–H and O–H groups in total. The van der Waals surface area contributed by atoms with Crippen molar-refractivity contribution in [1.29, 1.82) is 0 Å². The van der Waals surface area contributed by atoms with E-state index in [0.717, 1.165) is 0 Å². The lowest BCUT2D eigenvalue weighted by Gasteiger charge is -2.27. The molecule has 12 nitrogen and oxygen atoms in total. The van der Waals surface area contributed by atoms with Gasteiger partial charge in [0.1, 0.15) is 12.1 Å². The van der Waals surface area contributed by atoms with Gasteiger partial charge in [0, 0.05) is 31.1 Å². The quantitative estimate of drug-likeness (QED) is 0.137. The van der Waals surface area contributed by atoms with Crippen LogP contribution in [0.5, 0.6) is 0 Å². The van der Waals surface area contributed by atoms with E-state index in [-0.39, 0.29) is 37.2 Å². The maximum atomic E-state index is 13.2. The number of esters is 1. The van der Waals surface area contributed by atoms with E-state index in [1.165, 1.54) is 19.1 Å². The van der Waals surface area contributed by atoms with Gasteiger partial charge in [-0.3, -0.25) is 14.4 Å². The minimum absolute atomic E-state index is 0.0246. The number of nitrogens with one attached hydrogen (secondary N) is 5. The number of urea groups is 1. The number of carbonyl (C=O) groups is 5. The van der Waals surface area contributed by atoms with Gasteiger partial charge >= 0.3 is 12.0 Å². The van der Waals surface area contributed by atoms with Gasteiger partial charge in [0.25, 0.3) is 0 Å². The fraction of sp³-hybridized carbons (Fsp3) is 0.708. The smallest absolute Gasteiger partial charge is 0.330 e. The van der Waals surface area contributed by atoms with E-state index >= 15 is 0 Å². The molecule has 204 valence electrons. The zero-order valence-electron chi connectivity index (χ0n) is 21.8. The van der Waals surface area contributed by atoms with Crippen molar-refractivity contribution in [2.24, 2.45) is 11.8 Å². The third kappa shape index (κ3) is 11.1. The molecule has 0 aromatic rings. The Morgan fingerprint density at radius 1 is 1.11 bits per heavy atom. The summed E-state index contributed by atoms with van der Waals surface area (Å²) < 4.78 is 4.90. The largest absolute Gasteiger partial charge is 0.463 e. The third-order valence-corrected chi connectivity index (χ3v) is 5.51. The van der Waals surface area contributed by atoms with Gasteiger partial charge < -0.3 is 36.4 Å². The van der Waals surface area contributed by atoms with E-state index in [4.69, 9.17) is 4.74 Å². The maximum absolute atomic E-state index is 13.2. The lowest BCUT2D eigenvalue weighted by Crippen LogP contribution is -2.59. The van der Waals surface area contributed by atoms with Crippen LogP contribution in [0.2, 0.25) is 0 Å². The molecular formula is C24H41N5O7. The first-order chi connectivity index (χ1) is 17.0. The van der Waals surface area contributed by atoms with Crippen LogP contribution in [0.3, 0.4) is 0 Å². The normalized spacial score (nSPS) is 18.6. The first kappa shape index (κ1) is 30.9. The Morgan fingerprint density at radius 3 is 2.33 bits per heavy atom. The molecule has 0 radical (unpaired) electrons. The monoisotopic (exact) mass is 511 g/mol. The van der Waals surface area contributed by atoms with Crippen LogP contribution < -0.4 is 26.6 Å². The van der Waals surface area contributed by atoms with Crippen LogP contribution >= 0.6 is 0 Å². The van der Waals surface area contributed by atoms with Gasteiger partial charge in [0.05, 0.1) is 12.7 Å². The minimum atomic E-state index is -1.28. The number of hydrogen-bond acceptors (Lipinski definition) is 7. The highest BCUT2D eigenvalue weighted by Gasteiger charge is 2.32. The number of rotatable bonds is 14. The topological polar surface area (TPSA) is 175 Å². The van der Waals surface area contributed by atoms with E-state index in [2.05, 4.69) is 26.6 Å². The summed E-state index contributed by atoms with van der Waals surface area (Å²) in [7, 11) is 0. The Balaban J connectivity index is 3.02. The molecule has 1 aliphatic heterocycles. The second-order valence-corrected chi connectivity index (χ2v) is 9.15. The second kappa shape index (κ2) is 15.8. The van der Waals surface area contributed by atoms with Gasteiger partial charge in [0.2, 0.25) is 17.7 Å². The van der Waals surface area contributed by atoms with Gasteiger partial charge in [-0.1, -0.05) is 19.9 Å². The molecule has 1 rings (SSSR count). The molecule has 1 unspecified atom stereocenters. The minimum Gasteiger partial charge on any atom is -0.463 e. The Morgan fingerprint density at radius 2 is 1.81 bits per heavy atom. The molecule has 12 heteroatoms. The summed E-state index contributed by atoms with van der Waals surface area (Å²) in [5.74, 6) is -2.24. The Bertz CT molecular complexity index is 800. The van der Waals surface area contributed by atoms with E-state index < -0.39 is 48.0 Å². The summed E-state index contributed by atoms with van der Waals surface area (Å²) in [6.45, 7) is 9.57. The summed E-state index contributed by atoms with van der Waals surface area (Å²) in [6, 6.07) is -3.54. The average Bonchev–Trinajstić information content (AvgIpc) is 3.19. The molecular weight excluding hydrogens is 470 g/mol. The van der Waals surface area contributed by atoms with E-state index in [1.807, 2.05) is 13.8 Å². The van der Waals surface area contributed by atoms with Crippen molar-refractivity contribution in [2.75, 3.05) is 19.7 Å². The molecule has 0 aromatic carbocycles. The molecule has 1 saturated heterocycles. The van der Waals surface area contributed by atoms with Gasteiger partial charge in [-0.05, 0) is 46.0 Å². The zero-order valence-corrected chi connectivity index (χ0v) is 21.8. The molecule has 0 bridgehead atoms. The van der Waals surface area contributed by atoms with Crippen LogP contribution in [0.4, 0.5) is 4.79 Å². The summed E-state index contributed by atoms with van der Waals surface area (Å²) in [5.41, 5.74) is 0. The fourth-order valence-corrected chi connectivity index (χ4v) is 3.75. The molecule has 0 spiro atoms. The van der Waals surface area contributed by atoms with Crippen LogP contribution in [0.1, 0.15) is 53.9 Å². The van der Waals surface area contributed by atoms with Gasteiger partial charge in [-0.15, -0.1) is 0 Å². The first-order valence-corrected chi connectivity index (χ1v) is 12.4. The SMILES string of the molecule is CCNC(=O)N[C@H](C(=O)N[C@@H](CC(C)C)C(=O)N[C@H](/C=C/C(=O)OCC)C[C@@H]1CCNC1=O)C(C)O. The molecule has 5 amide bonds. The molecule has 36 heavy (non-hydrogen) atoms. The number of ether oxygens (including phenoxy) is 1. The first-order valence-electron chi connectivity index (χ1n) is 12.4. The maximum Gasteiger partial charge on any atom is 0.330 e. The van der Waals surface area contributed by atoms with Gasteiger partial charge in [-0.2, -0.15) is 0 Å². The second-order valence-electron chi connectivity index (χ2n) is 9.15. The number of amides is 5. The summed E-state index contributed by atoms with van der Waals surface area (Å²) >= 11 is 0. The van der Waals surface area contributed by atoms with Crippen LogP contribution in [0, 0.1) is 11.8 Å². The van der Waals surface area contributed by atoms with Crippen molar-refractivity contribution in [3.8, 4) is 0 Å². The summed E-state index contributed by atoms with van der Waals surface area (Å²) in [5, 5.41) is 23.1. The lowest BCUT2D eigenvalue weighted by molar-refractivity contribution is -0.137. The molecule has 1 fully saturated rings. The van der Waals surface area contributed by atoms with Crippen molar-refractivity contribution < 1.29 is 33.8 Å². The van der Waals surface area contributed by atoms with Crippen molar-refractivity contribution in [2.45, 2.75) is 78.1 Å². The van der Waals surface area contributed by atoms with Crippen molar-refractivity contribution >= 4 is 29.7 Å². The number of aliphatic hydroxyl groups is 1. The number of hydrogen-bond donors (Lipinski definition) is 6. The van der Waals surface area contributed by atoms with Crippen molar-refractivity contribution in [3.63, 3.8) is 0 Å². The van der Waals surface area contributed by atoms with Crippen LogP contribution in [-0.2, 0) is 23.9 Å². The highest BCUT2D eigenvalue weighted by atomic mass is 16.5. The number of aliphatic hydroxyl groups excluding tert-OH is 1. The van der Waals surface area contributed by atoms with E-state index in [1.54, 1.807) is 13.8 Å². The Kier molecular flexibility index (Phi) is 13.5. The standard InChI is InChI=1S/C24H41N5O7/c1-6-25-24(35)29-20(15(5)30)23(34)28-18(12-14(3)4)22(33)27-17(8-9-19(31)36-7-2)13-16-10-11-26-21(16)32/h8-9,14-18,20,30H,6-7,10-13H2,1-5H3,(H,26,32)(H,27,33)(H,28,34)(H2,25,29,35)/b9-8+/t15?,16-,17+,18-,20-/m0/s1. The summed E-state index contributed by atoms with van der Waals surface area (Å²) in [4.78, 5) is 61.9. The molecule has 5 atom stereocenters. The van der Waals surface area contributed by atoms with Crippen molar-refractivity contribution in [3.05, 3.63) is 12.2 Å². The summed E-state index contributed by atoms with van der Waals surface area (Å²) in [6.07, 6.45) is 2.62. The molecule has 0 aromatic heterocycles. The predicted octanol–water partition coefficient (Wildman–Crippen LogP) is -0.284.